The van der Waals surface area contributed by atoms with E-state index in [1.165, 1.54) is 35.2 Å². The van der Waals surface area contributed by atoms with Crippen LogP contribution in [0.5, 0.6) is 0 Å². The quantitative estimate of drug-likeness (QED) is 0.621. The zero-order valence-corrected chi connectivity index (χ0v) is 20.8. The van der Waals surface area contributed by atoms with Crippen LogP contribution in [0.25, 0.3) is 0 Å². The van der Waals surface area contributed by atoms with Crippen LogP contribution in [0.1, 0.15) is 53.2 Å². The molecule has 1 amide bonds. The van der Waals surface area contributed by atoms with Crippen LogP contribution in [0.2, 0.25) is 0 Å². The summed E-state index contributed by atoms with van der Waals surface area (Å²) in [6.07, 6.45) is 4.46. The molecule has 7 nitrogen and oxygen atoms in total. The Labute approximate surface area is 203 Å². The fraction of sp³-hybridized carbons (Fsp3) is 0.500. The van der Waals surface area contributed by atoms with E-state index in [0.717, 1.165) is 25.2 Å². The molecule has 0 aromatic heterocycles. The lowest BCUT2D eigenvalue weighted by molar-refractivity contribution is 0.0730. The number of nitrogens with one attached hydrogen (secondary N) is 1. The van der Waals surface area contributed by atoms with Crippen molar-refractivity contribution in [3.63, 3.8) is 0 Å². The van der Waals surface area contributed by atoms with Crippen LogP contribution in [0, 0.1) is 0 Å². The molecule has 0 spiro atoms. The minimum Gasteiger partial charge on any atom is -0.379 e. The molecule has 2 aromatic rings. The number of morpholine rings is 1. The Balaban J connectivity index is 1.40. The fourth-order valence-corrected chi connectivity index (χ4v) is 6.30. The normalized spacial score (nSPS) is 18.0. The molecular formula is C26H35N3O4S. The van der Waals surface area contributed by atoms with E-state index >= 15 is 0 Å². The largest absolute Gasteiger partial charge is 0.379 e. The van der Waals surface area contributed by atoms with Gasteiger partial charge in [-0.3, -0.25) is 9.69 Å². The van der Waals surface area contributed by atoms with Crippen molar-refractivity contribution in [3.8, 4) is 0 Å². The summed E-state index contributed by atoms with van der Waals surface area (Å²) in [6.45, 7) is 7.04. The molecule has 2 heterocycles. The van der Waals surface area contributed by atoms with Gasteiger partial charge in [0.05, 0.1) is 18.1 Å². The van der Waals surface area contributed by atoms with E-state index in [9.17, 15) is 13.2 Å². The molecule has 2 aromatic carbocycles. The van der Waals surface area contributed by atoms with Crippen LogP contribution < -0.4 is 5.32 Å². The highest BCUT2D eigenvalue weighted by Crippen LogP contribution is 2.23. The second-order valence-corrected chi connectivity index (χ2v) is 10.9. The standard InChI is InChI=1S/C26H35N3O4S/c1-2-23-10-11-24(18-25(23)34(31,32)29-14-16-33-17-15-29)26(30)27-19-21-6-8-22(9-7-21)20-28-12-4-3-5-13-28/h6-11,18H,2-5,12-17,19-20H2,1H3,(H,27,30). The van der Waals surface area contributed by atoms with Crippen LogP contribution in [0.3, 0.4) is 0 Å². The van der Waals surface area contributed by atoms with Gasteiger partial charge in [-0.2, -0.15) is 4.31 Å². The number of nitrogens with zero attached hydrogens (tertiary/aromatic N) is 2. The smallest absolute Gasteiger partial charge is 0.251 e. The topological polar surface area (TPSA) is 79.0 Å². The number of piperidine rings is 1. The molecule has 0 unspecified atom stereocenters. The maximum atomic E-state index is 13.2. The molecule has 1 N–H and O–H groups in total. The number of benzene rings is 2. The number of carbonyl (C=O) groups is 1. The third-order valence-electron chi connectivity index (χ3n) is 6.63. The number of rotatable bonds is 8. The highest BCUT2D eigenvalue weighted by molar-refractivity contribution is 7.89. The van der Waals surface area contributed by atoms with E-state index in [2.05, 4.69) is 22.3 Å². The first-order chi connectivity index (χ1) is 16.5. The Bertz CT molecular complexity index is 1070. The SMILES string of the molecule is CCc1ccc(C(=O)NCc2ccc(CN3CCCCC3)cc2)cc1S(=O)(=O)N1CCOCC1. The number of sulfonamides is 1. The lowest BCUT2D eigenvalue weighted by Gasteiger charge is -2.27. The number of hydrogen-bond donors (Lipinski definition) is 1. The van der Waals surface area contributed by atoms with Gasteiger partial charge in [0, 0.05) is 31.7 Å². The summed E-state index contributed by atoms with van der Waals surface area (Å²) < 4.78 is 33.2. The molecule has 8 heteroatoms. The summed E-state index contributed by atoms with van der Waals surface area (Å²) >= 11 is 0. The molecule has 2 aliphatic rings. The van der Waals surface area contributed by atoms with Crippen LogP contribution in [-0.4, -0.2) is 62.9 Å². The molecular weight excluding hydrogens is 450 g/mol. The zero-order valence-electron chi connectivity index (χ0n) is 20.0. The molecule has 0 radical (unpaired) electrons. The Kier molecular flexibility index (Phi) is 8.37. The minimum absolute atomic E-state index is 0.214. The Morgan fingerprint density at radius 2 is 1.62 bits per heavy atom. The van der Waals surface area contributed by atoms with E-state index in [-0.39, 0.29) is 10.8 Å². The van der Waals surface area contributed by atoms with E-state index in [0.29, 0.717) is 50.4 Å². The van der Waals surface area contributed by atoms with E-state index in [4.69, 9.17) is 4.74 Å². The van der Waals surface area contributed by atoms with Crippen molar-refractivity contribution >= 4 is 15.9 Å². The van der Waals surface area contributed by atoms with Crippen LogP contribution in [0.4, 0.5) is 0 Å². The van der Waals surface area contributed by atoms with Crippen LogP contribution in [-0.2, 0) is 34.3 Å². The van der Waals surface area contributed by atoms with Crippen LogP contribution >= 0.6 is 0 Å². The zero-order chi connectivity index (χ0) is 24.0. The molecule has 4 rings (SSSR count). The minimum atomic E-state index is -3.68. The van der Waals surface area contributed by atoms with Gasteiger partial charge in [0.2, 0.25) is 10.0 Å². The fourth-order valence-electron chi connectivity index (χ4n) is 4.58. The van der Waals surface area contributed by atoms with E-state index in [1.54, 1.807) is 12.1 Å². The van der Waals surface area contributed by atoms with E-state index < -0.39 is 10.0 Å². The van der Waals surface area contributed by atoms with Crippen molar-refractivity contribution < 1.29 is 17.9 Å². The average molecular weight is 486 g/mol. The van der Waals surface area contributed by atoms with Crippen LogP contribution in [0.15, 0.2) is 47.4 Å². The van der Waals surface area contributed by atoms with Gasteiger partial charge in [0.1, 0.15) is 0 Å². The number of aryl methyl sites for hydroxylation is 1. The Morgan fingerprint density at radius 1 is 0.941 bits per heavy atom. The number of hydrogen-bond acceptors (Lipinski definition) is 5. The molecule has 2 aliphatic heterocycles. The number of amides is 1. The third-order valence-corrected chi connectivity index (χ3v) is 8.61. The Morgan fingerprint density at radius 3 is 2.29 bits per heavy atom. The number of likely N-dealkylation sites (tertiary alicyclic amines) is 1. The first kappa shape index (κ1) is 24.9. The van der Waals surface area contributed by atoms with Gasteiger partial charge in [-0.15, -0.1) is 0 Å². The second kappa shape index (κ2) is 11.4. The monoisotopic (exact) mass is 485 g/mol. The van der Waals surface area contributed by atoms with Crippen molar-refractivity contribution in [1.82, 2.24) is 14.5 Å². The Hall–Kier alpha value is -2.26. The molecule has 2 fully saturated rings. The highest BCUT2D eigenvalue weighted by atomic mass is 32.2. The molecule has 184 valence electrons. The summed E-state index contributed by atoms with van der Waals surface area (Å²) in [6, 6.07) is 13.3. The maximum Gasteiger partial charge on any atom is 0.251 e. The average Bonchev–Trinajstić information content (AvgIpc) is 2.89. The second-order valence-electron chi connectivity index (χ2n) is 9.03. The lowest BCUT2D eigenvalue weighted by atomic mass is 10.1. The van der Waals surface area contributed by atoms with Crippen molar-refractivity contribution in [2.24, 2.45) is 0 Å². The lowest BCUT2D eigenvalue weighted by Crippen LogP contribution is -2.41. The molecule has 0 bridgehead atoms. The third kappa shape index (κ3) is 6.05. The van der Waals surface area contributed by atoms with Gasteiger partial charge in [0.15, 0.2) is 0 Å². The van der Waals surface area contributed by atoms with E-state index in [1.807, 2.05) is 19.1 Å². The molecule has 0 saturated carbocycles. The summed E-state index contributed by atoms with van der Waals surface area (Å²) in [5, 5.41) is 2.93. The van der Waals surface area contributed by atoms with Crippen molar-refractivity contribution in [3.05, 3.63) is 64.7 Å². The summed E-state index contributed by atoms with van der Waals surface area (Å²) in [5.74, 6) is -0.279. The predicted molar refractivity (Wildman–Crippen MR) is 132 cm³/mol. The van der Waals surface area contributed by atoms with Crippen molar-refractivity contribution in [1.29, 1.82) is 0 Å². The summed E-state index contributed by atoms with van der Waals surface area (Å²) in [7, 11) is -3.68. The van der Waals surface area contributed by atoms with Gasteiger partial charge in [-0.25, -0.2) is 8.42 Å². The molecule has 0 atom stereocenters. The first-order valence-corrected chi connectivity index (χ1v) is 13.7. The highest BCUT2D eigenvalue weighted by Gasteiger charge is 2.29. The maximum absolute atomic E-state index is 13.2. The molecule has 0 aliphatic carbocycles. The van der Waals surface area contributed by atoms with Gasteiger partial charge in [-0.05, 0) is 61.2 Å². The van der Waals surface area contributed by atoms with Crippen molar-refractivity contribution in [2.75, 3.05) is 39.4 Å². The van der Waals surface area contributed by atoms with Crippen molar-refractivity contribution in [2.45, 2.75) is 50.6 Å². The van der Waals surface area contributed by atoms with Gasteiger partial charge in [-0.1, -0.05) is 43.7 Å². The molecule has 2 saturated heterocycles. The molecule has 34 heavy (non-hydrogen) atoms. The number of carbonyl (C=O) groups excluding carboxylic acids is 1. The van der Waals surface area contributed by atoms with Gasteiger partial charge >= 0.3 is 0 Å². The summed E-state index contributed by atoms with van der Waals surface area (Å²) in [4.78, 5) is 15.6. The van der Waals surface area contributed by atoms with Gasteiger partial charge in [0.25, 0.3) is 5.91 Å². The predicted octanol–water partition coefficient (Wildman–Crippen LogP) is 3.19. The van der Waals surface area contributed by atoms with Gasteiger partial charge < -0.3 is 10.1 Å². The summed E-state index contributed by atoms with van der Waals surface area (Å²) in [5.41, 5.74) is 3.37. The number of ether oxygens (including phenoxy) is 1. The first-order valence-electron chi connectivity index (χ1n) is 12.3.